The van der Waals surface area contributed by atoms with Gasteiger partial charge in [-0.3, -0.25) is 0 Å². The van der Waals surface area contributed by atoms with E-state index >= 15 is 0 Å². The van der Waals surface area contributed by atoms with E-state index in [0.29, 0.717) is 6.04 Å². The van der Waals surface area contributed by atoms with Crippen molar-refractivity contribution in [2.45, 2.75) is 31.8 Å². The minimum Gasteiger partial charge on any atom is -0.468 e. The second-order valence-electron chi connectivity index (χ2n) is 5.04. The van der Waals surface area contributed by atoms with E-state index in [1.165, 1.54) is 24.8 Å². The van der Waals surface area contributed by atoms with Crippen LogP contribution in [0.4, 0.5) is 0 Å². The van der Waals surface area contributed by atoms with Crippen molar-refractivity contribution in [1.82, 2.24) is 5.32 Å². The summed E-state index contributed by atoms with van der Waals surface area (Å²) in [5, 5.41) is 3.65. The van der Waals surface area contributed by atoms with E-state index in [1.54, 1.807) is 6.26 Å². The Morgan fingerprint density at radius 2 is 1.94 bits per heavy atom. The summed E-state index contributed by atoms with van der Waals surface area (Å²) in [5.41, 5.74) is 1.40. The average Bonchev–Trinajstić information content (AvgIpc) is 2.86. The van der Waals surface area contributed by atoms with Gasteiger partial charge in [0, 0.05) is 6.04 Å². The summed E-state index contributed by atoms with van der Waals surface area (Å²) in [6.07, 6.45) is 5.78. The van der Waals surface area contributed by atoms with E-state index in [9.17, 15) is 0 Å². The summed E-state index contributed by atoms with van der Waals surface area (Å²) in [4.78, 5) is 0. The summed E-state index contributed by atoms with van der Waals surface area (Å²) in [7, 11) is 0. The van der Waals surface area contributed by atoms with E-state index in [4.69, 9.17) is 4.42 Å². The van der Waals surface area contributed by atoms with Crippen LogP contribution < -0.4 is 5.32 Å². The van der Waals surface area contributed by atoms with Gasteiger partial charge in [-0.15, -0.1) is 0 Å². The van der Waals surface area contributed by atoms with Crippen molar-refractivity contribution in [2.75, 3.05) is 0 Å². The monoisotopic (exact) mass is 241 g/mol. The van der Waals surface area contributed by atoms with Crippen LogP contribution in [0.3, 0.4) is 0 Å². The molecule has 1 aromatic heterocycles. The van der Waals surface area contributed by atoms with Crippen molar-refractivity contribution >= 4 is 0 Å². The molecule has 1 aromatic carbocycles. The Labute approximate surface area is 108 Å². The second kappa shape index (κ2) is 5.40. The fraction of sp³-hybridized carbons (Fsp3) is 0.375. The lowest BCUT2D eigenvalue weighted by atomic mass is 9.77. The summed E-state index contributed by atoms with van der Waals surface area (Å²) in [6, 6.07) is 15.2. The molecule has 0 radical (unpaired) electrons. The third kappa shape index (κ3) is 2.49. The van der Waals surface area contributed by atoms with Crippen LogP contribution in [0.25, 0.3) is 0 Å². The van der Waals surface area contributed by atoms with Crippen molar-refractivity contribution in [3.05, 3.63) is 60.1 Å². The molecule has 1 aliphatic carbocycles. The predicted octanol–water partition coefficient (Wildman–Crippen LogP) is 3.91. The smallest absolute Gasteiger partial charge is 0.117 e. The molecule has 1 aliphatic rings. The molecule has 1 atom stereocenters. The predicted molar refractivity (Wildman–Crippen MR) is 72.1 cm³/mol. The maximum atomic E-state index is 5.39. The van der Waals surface area contributed by atoms with Crippen molar-refractivity contribution in [3.8, 4) is 0 Å². The lowest BCUT2D eigenvalue weighted by Gasteiger charge is -2.34. The zero-order valence-corrected chi connectivity index (χ0v) is 10.5. The zero-order valence-electron chi connectivity index (χ0n) is 10.5. The molecule has 2 heteroatoms. The van der Waals surface area contributed by atoms with Crippen molar-refractivity contribution in [1.29, 1.82) is 0 Å². The first-order valence-corrected chi connectivity index (χ1v) is 6.74. The number of nitrogens with one attached hydrogen (secondary N) is 1. The number of rotatable bonds is 5. The van der Waals surface area contributed by atoms with Crippen LogP contribution in [0.2, 0.25) is 0 Å². The third-order valence-electron chi connectivity index (χ3n) is 3.86. The molecule has 0 saturated heterocycles. The molecule has 3 rings (SSSR count). The highest BCUT2D eigenvalue weighted by Crippen LogP contribution is 2.37. The summed E-state index contributed by atoms with van der Waals surface area (Å²) in [6.45, 7) is 0.809. The SMILES string of the molecule is c1ccc(C(NCc2ccco2)C2CCC2)cc1. The Hall–Kier alpha value is -1.54. The van der Waals surface area contributed by atoms with Crippen LogP contribution in [0.5, 0.6) is 0 Å². The van der Waals surface area contributed by atoms with Gasteiger partial charge in [0.1, 0.15) is 5.76 Å². The van der Waals surface area contributed by atoms with E-state index in [2.05, 4.69) is 35.6 Å². The molecule has 94 valence electrons. The van der Waals surface area contributed by atoms with Gasteiger partial charge in [0.25, 0.3) is 0 Å². The van der Waals surface area contributed by atoms with Gasteiger partial charge in [0.05, 0.1) is 12.8 Å². The number of hydrogen-bond donors (Lipinski definition) is 1. The standard InChI is InChI=1S/C16H19NO/c1-2-6-13(7-3-1)16(14-8-4-9-14)17-12-15-10-5-11-18-15/h1-3,5-7,10-11,14,16-17H,4,8-9,12H2. The van der Waals surface area contributed by atoms with Gasteiger partial charge in [-0.1, -0.05) is 36.8 Å². The summed E-state index contributed by atoms with van der Waals surface area (Å²) < 4.78 is 5.39. The van der Waals surface area contributed by atoms with Crippen LogP contribution >= 0.6 is 0 Å². The fourth-order valence-corrected chi connectivity index (χ4v) is 2.61. The average molecular weight is 241 g/mol. The van der Waals surface area contributed by atoms with Crippen LogP contribution in [0.1, 0.15) is 36.6 Å². The van der Waals surface area contributed by atoms with Gasteiger partial charge in [-0.2, -0.15) is 0 Å². The minimum absolute atomic E-state index is 0.463. The summed E-state index contributed by atoms with van der Waals surface area (Å²) in [5.74, 6) is 1.79. The van der Waals surface area contributed by atoms with Crippen molar-refractivity contribution in [2.24, 2.45) is 5.92 Å². The van der Waals surface area contributed by atoms with Crippen LogP contribution in [-0.2, 0) is 6.54 Å². The van der Waals surface area contributed by atoms with Crippen LogP contribution in [0, 0.1) is 5.92 Å². The quantitative estimate of drug-likeness (QED) is 0.858. The molecular formula is C16H19NO. The summed E-state index contributed by atoms with van der Waals surface area (Å²) >= 11 is 0. The topological polar surface area (TPSA) is 25.2 Å². The third-order valence-corrected chi connectivity index (χ3v) is 3.86. The van der Waals surface area contributed by atoms with Crippen molar-refractivity contribution < 1.29 is 4.42 Å². The molecule has 2 nitrogen and oxygen atoms in total. The zero-order chi connectivity index (χ0) is 12.2. The molecular weight excluding hydrogens is 222 g/mol. The van der Waals surface area contributed by atoms with Crippen molar-refractivity contribution in [3.63, 3.8) is 0 Å². The highest BCUT2D eigenvalue weighted by Gasteiger charge is 2.28. The maximum Gasteiger partial charge on any atom is 0.117 e. The van der Waals surface area contributed by atoms with Crippen LogP contribution in [0.15, 0.2) is 53.1 Å². The van der Waals surface area contributed by atoms with E-state index < -0.39 is 0 Å². The first kappa shape index (κ1) is 11.5. The molecule has 0 spiro atoms. The molecule has 0 aliphatic heterocycles. The maximum absolute atomic E-state index is 5.39. The highest BCUT2D eigenvalue weighted by atomic mass is 16.3. The molecule has 1 saturated carbocycles. The molecule has 1 N–H and O–H groups in total. The van der Waals surface area contributed by atoms with E-state index in [1.807, 2.05) is 12.1 Å². The number of benzene rings is 1. The number of furan rings is 1. The first-order chi connectivity index (χ1) is 8.93. The minimum atomic E-state index is 0.463. The van der Waals surface area contributed by atoms with E-state index in [-0.39, 0.29) is 0 Å². The van der Waals surface area contributed by atoms with Gasteiger partial charge >= 0.3 is 0 Å². The van der Waals surface area contributed by atoms with Crippen LogP contribution in [-0.4, -0.2) is 0 Å². The highest BCUT2D eigenvalue weighted by molar-refractivity contribution is 5.20. The van der Waals surface area contributed by atoms with Gasteiger partial charge in [-0.05, 0) is 36.5 Å². The molecule has 1 unspecified atom stereocenters. The van der Waals surface area contributed by atoms with Gasteiger partial charge in [0.2, 0.25) is 0 Å². The van der Waals surface area contributed by atoms with Gasteiger partial charge in [0.15, 0.2) is 0 Å². The molecule has 1 heterocycles. The fourth-order valence-electron chi connectivity index (χ4n) is 2.61. The van der Waals surface area contributed by atoms with E-state index in [0.717, 1.165) is 18.2 Å². The molecule has 2 aromatic rings. The Kier molecular flexibility index (Phi) is 3.47. The molecule has 0 amide bonds. The normalized spacial score (nSPS) is 17.3. The Morgan fingerprint density at radius 3 is 2.56 bits per heavy atom. The van der Waals surface area contributed by atoms with Gasteiger partial charge in [-0.25, -0.2) is 0 Å². The lowest BCUT2D eigenvalue weighted by molar-refractivity contribution is 0.226. The number of hydrogen-bond acceptors (Lipinski definition) is 2. The second-order valence-corrected chi connectivity index (χ2v) is 5.04. The Bertz CT molecular complexity index is 459. The van der Waals surface area contributed by atoms with Gasteiger partial charge < -0.3 is 9.73 Å². The first-order valence-electron chi connectivity index (χ1n) is 6.74. The molecule has 1 fully saturated rings. The molecule has 0 bridgehead atoms. The largest absolute Gasteiger partial charge is 0.468 e. The molecule has 18 heavy (non-hydrogen) atoms. The lowest BCUT2D eigenvalue weighted by Crippen LogP contribution is -2.31. The Balaban J connectivity index is 1.70. The Morgan fingerprint density at radius 1 is 1.11 bits per heavy atom.